The lowest BCUT2D eigenvalue weighted by molar-refractivity contribution is -0.145. The standard InChI is InChI=1S/C19H21BrFN5O5/c1-2-28-18(27)10-26-23-19(22-25-26)16-9-17(24-31-16)30-13-5-4-12(8-13)29-15-7-11(21)3-6-14(15)20/h3,6-7,9,12-13,19,23H,2,4-5,8,10H2,1H3. The van der Waals surface area contributed by atoms with Gasteiger partial charge in [-0.25, -0.2) is 9.18 Å². The summed E-state index contributed by atoms with van der Waals surface area (Å²) in [5.41, 5.74) is 2.90. The number of hydrogen-bond acceptors (Lipinski definition) is 10. The van der Waals surface area contributed by atoms with Crippen LogP contribution >= 0.6 is 15.9 Å². The monoisotopic (exact) mass is 497 g/mol. The van der Waals surface area contributed by atoms with Crippen molar-refractivity contribution >= 4 is 21.9 Å². The highest BCUT2D eigenvalue weighted by Gasteiger charge is 2.30. The van der Waals surface area contributed by atoms with E-state index in [1.807, 2.05) is 0 Å². The minimum atomic E-state index is -0.607. The third kappa shape index (κ3) is 5.50. The number of nitrogens with one attached hydrogen (secondary N) is 1. The molecule has 0 radical (unpaired) electrons. The van der Waals surface area contributed by atoms with Crippen LogP contribution in [0.3, 0.4) is 0 Å². The summed E-state index contributed by atoms with van der Waals surface area (Å²) in [7, 11) is 0. The van der Waals surface area contributed by atoms with Crippen molar-refractivity contribution in [1.29, 1.82) is 0 Å². The first-order valence-corrected chi connectivity index (χ1v) is 10.6. The van der Waals surface area contributed by atoms with Crippen LogP contribution in [0, 0.1) is 5.82 Å². The molecule has 1 N–H and O–H groups in total. The Bertz CT molecular complexity index is 958. The molecule has 4 rings (SSSR count). The van der Waals surface area contributed by atoms with Crippen LogP contribution in [0.4, 0.5) is 4.39 Å². The molecule has 10 nitrogen and oxygen atoms in total. The second-order valence-corrected chi connectivity index (χ2v) is 7.89. The molecule has 31 heavy (non-hydrogen) atoms. The predicted octanol–water partition coefficient (Wildman–Crippen LogP) is 3.70. The van der Waals surface area contributed by atoms with E-state index < -0.39 is 12.1 Å². The average molecular weight is 498 g/mol. The fraction of sp³-hybridized carbons (Fsp3) is 0.474. The molecule has 12 heteroatoms. The van der Waals surface area contributed by atoms with Gasteiger partial charge in [0, 0.05) is 18.6 Å². The summed E-state index contributed by atoms with van der Waals surface area (Å²) < 4.78 is 36.1. The molecule has 2 aliphatic rings. The van der Waals surface area contributed by atoms with Gasteiger partial charge in [0.15, 0.2) is 12.3 Å². The predicted molar refractivity (Wildman–Crippen MR) is 107 cm³/mol. The molecule has 1 aromatic heterocycles. The molecule has 2 aromatic rings. The van der Waals surface area contributed by atoms with Crippen molar-refractivity contribution in [1.82, 2.24) is 15.7 Å². The summed E-state index contributed by atoms with van der Waals surface area (Å²) in [4.78, 5) is 11.5. The second-order valence-electron chi connectivity index (χ2n) is 7.03. The normalized spacial score (nSPS) is 22.7. The van der Waals surface area contributed by atoms with Crippen molar-refractivity contribution in [2.45, 2.75) is 44.6 Å². The van der Waals surface area contributed by atoms with Crippen LogP contribution in [-0.2, 0) is 9.53 Å². The van der Waals surface area contributed by atoms with E-state index in [0.29, 0.717) is 34.9 Å². The van der Waals surface area contributed by atoms with Crippen LogP contribution in [0.15, 0.2) is 43.6 Å². The minimum Gasteiger partial charge on any atom is -0.489 e. The topological polar surface area (TPSA) is 111 Å². The summed E-state index contributed by atoms with van der Waals surface area (Å²) in [6, 6.07) is 5.97. The van der Waals surface area contributed by atoms with Gasteiger partial charge in [-0.05, 0) is 53.0 Å². The molecule has 2 heterocycles. The molecule has 0 amide bonds. The van der Waals surface area contributed by atoms with Gasteiger partial charge in [0.25, 0.3) is 5.88 Å². The fourth-order valence-electron chi connectivity index (χ4n) is 3.32. The number of ether oxygens (including phenoxy) is 3. The molecule has 1 fully saturated rings. The lowest BCUT2D eigenvalue weighted by Gasteiger charge is -2.15. The lowest BCUT2D eigenvalue weighted by Crippen LogP contribution is -2.35. The molecule has 1 saturated carbocycles. The van der Waals surface area contributed by atoms with Gasteiger partial charge in [0.05, 0.1) is 11.1 Å². The summed E-state index contributed by atoms with van der Waals surface area (Å²) in [5, 5.41) is 13.1. The van der Waals surface area contributed by atoms with Gasteiger partial charge in [-0.3, -0.25) is 0 Å². The summed E-state index contributed by atoms with van der Waals surface area (Å²) in [5.74, 6) is 0.435. The van der Waals surface area contributed by atoms with E-state index in [0.717, 1.165) is 12.8 Å². The summed E-state index contributed by atoms with van der Waals surface area (Å²) >= 11 is 3.37. The van der Waals surface area contributed by atoms with Crippen molar-refractivity contribution in [3.05, 3.63) is 40.3 Å². The number of benzene rings is 1. The van der Waals surface area contributed by atoms with E-state index in [1.54, 1.807) is 19.1 Å². The number of carbonyl (C=O) groups is 1. The zero-order valence-electron chi connectivity index (χ0n) is 16.7. The van der Waals surface area contributed by atoms with E-state index in [-0.39, 0.29) is 24.6 Å². The molecular weight excluding hydrogens is 477 g/mol. The van der Waals surface area contributed by atoms with Crippen LogP contribution in [0.5, 0.6) is 11.6 Å². The van der Waals surface area contributed by atoms with Crippen molar-refractivity contribution in [3.8, 4) is 11.6 Å². The zero-order valence-corrected chi connectivity index (χ0v) is 18.2. The maximum absolute atomic E-state index is 13.4. The van der Waals surface area contributed by atoms with Gasteiger partial charge in [0.1, 0.15) is 23.8 Å². The number of hydrazine groups is 1. The van der Waals surface area contributed by atoms with Gasteiger partial charge in [0.2, 0.25) is 6.17 Å². The second kappa shape index (κ2) is 9.60. The molecule has 3 unspecified atom stereocenters. The number of esters is 1. The Morgan fingerprint density at radius 1 is 1.32 bits per heavy atom. The SMILES string of the molecule is CCOC(=O)CN1N=NC(c2cc(OC3CCC(Oc4cc(F)ccc4Br)C3)no2)N1. The van der Waals surface area contributed by atoms with Crippen molar-refractivity contribution < 1.29 is 27.9 Å². The number of halogens is 2. The highest BCUT2D eigenvalue weighted by molar-refractivity contribution is 9.10. The number of rotatable bonds is 8. The molecule has 1 aromatic carbocycles. The van der Waals surface area contributed by atoms with Crippen molar-refractivity contribution in [2.75, 3.05) is 13.2 Å². The Hall–Kier alpha value is -2.73. The molecule has 1 aliphatic carbocycles. The van der Waals surface area contributed by atoms with Crippen LogP contribution in [-0.4, -0.2) is 41.6 Å². The first-order valence-electron chi connectivity index (χ1n) is 9.85. The Morgan fingerprint density at radius 2 is 2.13 bits per heavy atom. The lowest BCUT2D eigenvalue weighted by atomic mass is 10.3. The maximum atomic E-state index is 13.4. The van der Waals surface area contributed by atoms with Crippen LogP contribution in [0.2, 0.25) is 0 Å². The van der Waals surface area contributed by atoms with Gasteiger partial charge >= 0.3 is 5.97 Å². The fourth-order valence-corrected chi connectivity index (χ4v) is 3.66. The first kappa shape index (κ1) is 21.5. The van der Waals surface area contributed by atoms with Crippen molar-refractivity contribution in [3.63, 3.8) is 0 Å². The third-order valence-electron chi connectivity index (χ3n) is 4.72. The Kier molecular flexibility index (Phi) is 6.66. The first-order chi connectivity index (χ1) is 15.0. The molecule has 0 saturated heterocycles. The van der Waals surface area contributed by atoms with Crippen LogP contribution in [0.25, 0.3) is 0 Å². The number of carbonyl (C=O) groups excluding carboxylic acids is 1. The van der Waals surface area contributed by atoms with Crippen LogP contribution < -0.4 is 14.9 Å². The molecule has 166 valence electrons. The molecule has 1 aliphatic heterocycles. The molecule has 0 bridgehead atoms. The zero-order chi connectivity index (χ0) is 21.8. The average Bonchev–Trinajstić information content (AvgIpc) is 3.47. The highest BCUT2D eigenvalue weighted by atomic mass is 79.9. The molecule has 3 atom stereocenters. The summed E-state index contributed by atoms with van der Waals surface area (Å²) in [6.45, 7) is 1.95. The largest absolute Gasteiger partial charge is 0.489 e. The van der Waals surface area contributed by atoms with E-state index >= 15 is 0 Å². The molecular formula is C19H21BrFN5O5. The Labute approximate surface area is 185 Å². The van der Waals surface area contributed by atoms with E-state index in [9.17, 15) is 9.18 Å². The van der Waals surface area contributed by atoms with E-state index in [4.69, 9.17) is 18.7 Å². The quantitative estimate of drug-likeness (QED) is 0.549. The van der Waals surface area contributed by atoms with E-state index in [2.05, 4.69) is 36.8 Å². The van der Waals surface area contributed by atoms with Gasteiger partial charge in [-0.15, -0.1) is 5.11 Å². The summed E-state index contributed by atoms with van der Waals surface area (Å²) in [6.07, 6.45) is 1.39. The minimum absolute atomic E-state index is 0.0732. The number of nitrogens with zero attached hydrogens (tertiary/aromatic N) is 4. The number of aromatic nitrogens is 1. The highest BCUT2D eigenvalue weighted by Crippen LogP contribution is 2.32. The van der Waals surface area contributed by atoms with E-state index in [1.165, 1.54) is 17.3 Å². The maximum Gasteiger partial charge on any atom is 0.329 e. The van der Waals surface area contributed by atoms with Crippen molar-refractivity contribution in [2.24, 2.45) is 10.3 Å². The van der Waals surface area contributed by atoms with Gasteiger partial charge in [-0.2, -0.15) is 10.5 Å². The van der Waals surface area contributed by atoms with Gasteiger partial charge in [-0.1, -0.05) is 5.22 Å². The smallest absolute Gasteiger partial charge is 0.329 e. The number of hydrogen-bond donors (Lipinski definition) is 1. The molecule has 0 spiro atoms. The Balaban J connectivity index is 1.27. The Morgan fingerprint density at radius 3 is 2.94 bits per heavy atom. The third-order valence-corrected chi connectivity index (χ3v) is 5.37. The van der Waals surface area contributed by atoms with Crippen LogP contribution in [0.1, 0.15) is 38.1 Å². The van der Waals surface area contributed by atoms with Gasteiger partial charge < -0.3 is 18.7 Å².